The van der Waals surface area contributed by atoms with E-state index < -0.39 is 0 Å². The van der Waals surface area contributed by atoms with Crippen LogP contribution in [0.25, 0.3) is 0 Å². The van der Waals surface area contributed by atoms with Crippen LogP contribution in [-0.2, 0) is 0 Å². The molecule has 0 aromatic carbocycles. The normalized spacial score (nSPS) is 18.1. The molecule has 0 aliphatic carbocycles. The van der Waals surface area contributed by atoms with Crippen molar-refractivity contribution < 1.29 is 9.90 Å². The van der Waals surface area contributed by atoms with Crippen LogP contribution >= 0.6 is 11.3 Å². The molecule has 0 spiro atoms. The Hall–Kier alpha value is -1.27. The molecule has 6 heteroatoms. The van der Waals surface area contributed by atoms with Crippen LogP contribution in [0.3, 0.4) is 0 Å². The molecule has 1 saturated heterocycles. The summed E-state index contributed by atoms with van der Waals surface area (Å²) in [7, 11) is 3.46. The number of thiophene rings is 1. The number of hydrogen-bond acceptors (Lipinski definition) is 5. The van der Waals surface area contributed by atoms with Crippen LogP contribution in [-0.4, -0.2) is 49.2 Å². The van der Waals surface area contributed by atoms with Crippen LogP contribution in [0.4, 0.5) is 10.7 Å². The molecule has 1 atom stereocenters. The van der Waals surface area contributed by atoms with Crippen LogP contribution in [0.5, 0.6) is 0 Å². The monoisotopic (exact) mass is 297 g/mol. The van der Waals surface area contributed by atoms with E-state index >= 15 is 0 Å². The number of hydrogen-bond donors (Lipinski definition) is 2. The summed E-state index contributed by atoms with van der Waals surface area (Å²) in [6.07, 6.45) is 1.72. The molecule has 0 radical (unpaired) electrons. The molecule has 0 bridgehead atoms. The predicted molar refractivity (Wildman–Crippen MR) is 83.4 cm³/mol. The van der Waals surface area contributed by atoms with Gasteiger partial charge in [0.2, 0.25) is 0 Å². The Morgan fingerprint density at radius 1 is 1.50 bits per heavy atom. The highest BCUT2D eigenvalue weighted by Crippen LogP contribution is 2.35. The number of aliphatic hydroxyl groups is 1. The molecule has 1 unspecified atom stereocenters. The SMILES string of the molecule is CC(O)C1CCN(c2cc(N)c(C(=O)N(C)C)s2)CC1. The van der Waals surface area contributed by atoms with Crippen molar-refractivity contribution in [2.45, 2.75) is 25.9 Å². The highest BCUT2D eigenvalue weighted by Gasteiger charge is 2.25. The molecule has 0 saturated carbocycles. The van der Waals surface area contributed by atoms with Crippen LogP contribution in [0.15, 0.2) is 6.07 Å². The maximum Gasteiger partial charge on any atom is 0.265 e. The summed E-state index contributed by atoms with van der Waals surface area (Å²) in [4.78, 5) is 16.4. The zero-order valence-corrected chi connectivity index (χ0v) is 13.1. The first-order valence-corrected chi connectivity index (χ1v) is 7.75. The molecule has 1 aromatic rings. The molecule has 20 heavy (non-hydrogen) atoms. The summed E-state index contributed by atoms with van der Waals surface area (Å²) in [5.74, 6) is 0.337. The number of nitrogens with two attached hydrogens (primary N) is 1. The lowest BCUT2D eigenvalue weighted by molar-refractivity contribution is 0.0833. The molecular formula is C14H23N3O2S. The Balaban J connectivity index is 2.08. The predicted octanol–water partition coefficient (Wildman–Crippen LogP) is 1.63. The summed E-state index contributed by atoms with van der Waals surface area (Å²) < 4.78 is 0. The van der Waals surface area contributed by atoms with E-state index in [0.717, 1.165) is 30.9 Å². The third kappa shape index (κ3) is 3.07. The molecule has 112 valence electrons. The Kier molecular flexibility index (Phi) is 4.55. The number of nitrogens with zero attached hydrogens (tertiary/aromatic N) is 2. The summed E-state index contributed by atoms with van der Waals surface area (Å²) in [5, 5.41) is 10.7. The number of anilines is 2. The van der Waals surface area contributed by atoms with E-state index in [0.29, 0.717) is 16.5 Å². The van der Waals surface area contributed by atoms with Gasteiger partial charge in [0.15, 0.2) is 0 Å². The van der Waals surface area contributed by atoms with E-state index in [4.69, 9.17) is 5.73 Å². The van der Waals surface area contributed by atoms with E-state index in [1.165, 1.54) is 11.3 Å². The van der Waals surface area contributed by atoms with Crippen molar-refractivity contribution in [3.63, 3.8) is 0 Å². The van der Waals surface area contributed by atoms with Crippen molar-refractivity contribution in [2.24, 2.45) is 5.92 Å². The molecule has 1 aliphatic rings. The standard InChI is InChI=1S/C14H23N3O2S/c1-9(18)10-4-6-17(7-5-10)12-8-11(15)13(20-12)14(19)16(2)3/h8-10,18H,4-7,15H2,1-3H3. The second kappa shape index (κ2) is 6.01. The number of nitrogen functional groups attached to an aromatic ring is 1. The molecule has 5 nitrogen and oxygen atoms in total. The fourth-order valence-electron chi connectivity index (χ4n) is 2.52. The summed E-state index contributed by atoms with van der Waals surface area (Å²) >= 11 is 1.46. The number of amides is 1. The van der Waals surface area contributed by atoms with Gasteiger partial charge in [0, 0.05) is 27.2 Å². The van der Waals surface area contributed by atoms with Crippen molar-refractivity contribution in [2.75, 3.05) is 37.8 Å². The average molecular weight is 297 g/mol. The minimum absolute atomic E-state index is 0.0439. The van der Waals surface area contributed by atoms with Gasteiger partial charge >= 0.3 is 0 Å². The molecule has 1 aliphatic heterocycles. The molecular weight excluding hydrogens is 274 g/mol. The number of carbonyl (C=O) groups excluding carboxylic acids is 1. The lowest BCUT2D eigenvalue weighted by Gasteiger charge is -2.33. The van der Waals surface area contributed by atoms with E-state index in [-0.39, 0.29) is 12.0 Å². The van der Waals surface area contributed by atoms with E-state index in [1.54, 1.807) is 19.0 Å². The fraction of sp³-hybridized carbons (Fsp3) is 0.643. The first-order chi connectivity index (χ1) is 9.40. The third-order valence-electron chi connectivity index (χ3n) is 3.88. The van der Waals surface area contributed by atoms with E-state index in [9.17, 15) is 9.90 Å². The smallest absolute Gasteiger partial charge is 0.265 e. The van der Waals surface area contributed by atoms with Gasteiger partial charge in [-0.15, -0.1) is 11.3 Å². The van der Waals surface area contributed by atoms with Crippen molar-refractivity contribution in [3.8, 4) is 0 Å². The van der Waals surface area contributed by atoms with Crippen molar-refractivity contribution >= 4 is 27.9 Å². The summed E-state index contributed by atoms with van der Waals surface area (Å²) in [6.45, 7) is 3.67. The second-order valence-electron chi connectivity index (χ2n) is 5.63. The van der Waals surface area contributed by atoms with Crippen molar-refractivity contribution in [1.29, 1.82) is 0 Å². The molecule has 2 heterocycles. The minimum Gasteiger partial charge on any atom is -0.397 e. The topological polar surface area (TPSA) is 69.8 Å². The lowest BCUT2D eigenvalue weighted by Crippen LogP contribution is -2.36. The van der Waals surface area contributed by atoms with Crippen LogP contribution < -0.4 is 10.6 Å². The zero-order chi connectivity index (χ0) is 14.9. The first kappa shape index (κ1) is 15.1. The van der Waals surface area contributed by atoms with Crippen LogP contribution in [0.1, 0.15) is 29.4 Å². The highest BCUT2D eigenvalue weighted by molar-refractivity contribution is 7.18. The van der Waals surface area contributed by atoms with Gasteiger partial charge < -0.3 is 20.6 Å². The maximum absolute atomic E-state index is 12.0. The highest BCUT2D eigenvalue weighted by atomic mass is 32.1. The largest absolute Gasteiger partial charge is 0.397 e. The van der Waals surface area contributed by atoms with Crippen molar-refractivity contribution in [1.82, 2.24) is 4.90 Å². The van der Waals surface area contributed by atoms with Gasteiger partial charge in [-0.3, -0.25) is 4.79 Å². The van der Waals surface area contributed by atoms with Crippen LogP contribution in [0, 0.1) is 5.92 Å². The lowest BCUT2D eigenvalue weighted by atomic mass is 9.92. The van der Waals surface area contributed by atoms with Gasteiger partial charge in [-0.1, -0.05) is 0 Å². The number of aliphatic hydroxyl groups excluding tert-OH is 1. The van der Waals surface area contributed by atoms with Crippen molar-refractivity contribution in [3.05, 3.63) is 10.9 Å². The first-order valence-electron chi connectivity index (χ1n) is 6.94. The van der Waals surface area contributed by atoms with E-state index in [1.807, 2.05) is 13.0 Å². The molecule has 3 N–H and O–H groups in total. The molecule has 1 fully saturated rings. The number of rotatable bonds is 3. The Labute approximate surface area is 124 Å². The minimum atomic E-state index is -0.239. The maximum atomic E-state index is 12.0. The Morgan fingerprint density at radius 2 is 2.10 bits per heavy atom. The second-order valence-corrected chi connectivity index (χ2v) is 6.66. The Bertz CT molecular complexity index is 477. The van der Waals surface area contributed by atoms with Gasteiger partial charge in [-0.2, -0.15) is 0 Å². The van der Waals surface area contributed by atoms with Gasteiger partial charge in [0.1, 0.15) is 4.88 Å². The molecule has 2 rings (SSSR count). The van der Waals surface area contributed by atoms with Crippen LogP contribution in [0.2, 0.25) is 0 Å². The van der Waals surface area contributed by atoms with Gasteiger partial charge in [0.25, 0.3) is 5.91 Å². The zero-order valence-electron chi connectivity index (χ0n) is 12.3. The third-order valence-corrected chi connectivity index (χ3v) is 5.08. The van der Waals surface area contributed by atoms with E-state index in [2.05, 4.69) is 4.90 Å². The Morgan fingerprint density at radius 3 is 2.60 bits per heavy atom. The summed E-state index contributed by atoms with van der Waals surface area (Å²) in [6, 6.07) is 1.89. The molecule has 1 aromatic heterocycles. The number of piperidine rings is 1. The average Bonchev–Trinajstić information content (AvgIpc) is 2.80. The van der Waals surface area contributed by atoms with Gasteiger partial charge in [0.05, 0.1) is 16.8 Å². The van der Waals surface area contributed by atoms with Gasteiger partial charge in [-0.05, 0) is 31.7 Å². The summed E-state index contributed by atoms with van der Waals surface area (Å²) in [5.41, 5.74) is 6.52. The fourth-order valence-corrected chi connectivity index (χ4v) is 3.67. The van der Waals surface area contributed by atoms with Gasteiger partial charge in [-0.25, -0.2) is 0 Å². The number of carbonyl (C=O) groups is 1. The quantitative estimate of drug-likeness (QED) is 0.889. The molecule has 1 amide bonds.